The van der Waals surface area contributed by atoms with Crippen molar-refractivity contribution in [2.75, 3.05) is 0 Å². The Morgan fingerprint density at radius 2 is 2.00 bits per heavy atom. The minimum Gasteiger partial charge on any atom is -0.457 e. The third kappa shape index (κ3) is 4.65. The molecule has 2 aromatic carbocycles. The molecular formula is C22H19Br2NO3. The molecule has 0 radical (unpaired) electrons. The van der Waals surface area contributed by atoms with Crippen LogP contribution in [0.3, 0.4) is 0 Å². The lowest BCUT2D eigenvalue weighted by atomic mass is 10.1. The zero-order valence-corrected chi connectivity index (χ0v) is 18.2. The molecule has 1 aliphatic rings. The number of rotatable bonds is 6. The molecule has 1 aliphatic carbocycles. The van der Waals surface area contributed by atoms with Crippen molar-refractivity contribution in [1.29, 1.82) is 5.26 Å². The molecular weight excluding hydrogens is 486 g/mol. The minimum absolute atomic E-state index is 0.0446. The van der Waals surface area contributed by atoms with Gasteiger partial charge in [0, 0.05) is 5.56 Å². The Bertz CT molecular complexity index is 1160. The largest absolute Gasteiger partial charge is 0.457 e. The molecule has 0 unspecified atom stereocenters. The van der Waals surface area contributed by atoms with Crippen molar-refractivity contribution in [3.05, 3.63) is 69.5 Å². The molecule has 0 aliphatic heterocycles. The maximum absolute atomic E-state index is 12.8. The van der Waals surface area contributed by atoms with Gasteiger partial charge in [-0.3, -0.25) is 4.79 Å². The van der Waals surface area contributed by atoms with E-state index >= 15 is 0 Å². The lowest BCUT2D eigenvalue weighted by molar-refractivity contribution is -0.149. The van der Waals surface area contributed by atoms with E-state index in [1.165, 1.54) is 12.1 Å². The molecule has 2 aromatic rings. The van der Waals surface area contributed by atoms with E-state index in [0.717, 1.165) is 3.39 Å². The number of nitriles is 1. The molecule has 0 amide bonds. The van der Waals surface area contributed by atoms with E-state index < -0.39 is 48.2 Å². The fourth-order valence-electron chi connectivity index (χ4n) is 3.08. The number of allylic oxidation sites excluding steroid dienone is 1. The predicted molar refractivity (Wildman–Crippen MR) is 114 cm³/mol. The second-order valence-electron chi connectivity index (χ2n) is 6.86. The number of ether oxygens (including phenoxy) is 2. The molecule has 0 heterocycles. The summed E-state index contributed by atoms with van der Waals surface area (Å²) in [5, 5.41) is 9.62. The SMILES string of the molecule is [2H]c1c([2H])c([2H])c(Oc2cccc([C@@H](C#N)OC(=O)[C@@H]3[C@H](C=C(Br)Br)C3(C)C)c2)c([2H])c1[2H]. The van der Waals surface area contributed by atoms with E-state index in [9.17, 15) is 10.1 Å². The number of carbonyl (C=O) groups is 1. The lowest BCUT2D eigenvalue weighted by Crippen LogP contribution is -2.14. The summed E-state index contributed by atoms with van der Waals surface area (Å²) >= 11 is 6.60. The first-order valence-electron chi connectivity index (χ1n) is 10.9. The summed E-state index contributed by atoms with van der Waals surface area (Å²) in [7, 11) is 0. The highest BCUT2D eigenvalue weighted by Crippen LogP contribution is 2.60. The van der Waals surface area contributed by atoms with Crippen LogP contribution in [-0.4, -0.2) is 5.97 Å². The summed E-state index contributed by atoms with van der Waals surface area (Å²) < 4.78 is 51.0. The van der Waals surface area contributed by atoms with Crippen molar-refractivity contribution in [1.82, 2.24) is 0 Å². The molecule has 144 valence electrons. The smallest absolute Gasteiger partial charge is 0.311 e. The first kappa shape index (κ1) is 14.8. The highest BCUT2D eigenvalue weighted by Gasteiger charge is 2.61. The first-order valence-corrected chi connectivity index (χ1v) is 9.96. The van der Waals surface area contributed by atoms with Gasteiger partial charge in [0.15, 0.2) is 0 Å². The molecule has 0 N–H and O–H groups in total. The van der Waals surface area contributed by atoms with Crippen LogP contribution in [0.2, 0.25) is 0 Å². The van der Waals surface area contributed by atoms with Crippen molar-refractivity contribution in [2.45, 2.75) is 20.0 Å². The van der Waals surface area contributed by atoms with Gasteiger partial charge in [0.25, 0.3) is 0 Å². The summed E-state index contributed by atoms with van der Waals surface area (Å²) in [5.74, 6) is -1.14. The molecule has 1 saturated carbocycles. The molecule has 0 saturated heterocycles. The molecule has 0 bridgehead atoms. The standard InChI is InChI=1S/C22H19Br2NO3/c1-22(2)17(12-19(23)24)20(22)21(26)28-18(13-25)14-7-6-10-16(11-14)27-15-8-4-3-5-9-15/h3-12,17-18,20H,1-2H3/t17-,18+,20-/m0/s1/i3D,4D,5D,8D,9D. The van der Waals surface area contributed by atoms with Gasteiger partial charge in [-0.2, -0.15) is 5.26 Å². The van der Waals surface area contributed by atoms with Crippen LogP contribution in [0.25, 0.3) is 0 Å². The number of esters is 1. The lowest BCUT2D eigenvalue weighted by Gasteiger charge is -2.13. The van der Waals surface area contributed by atoms with Crippen LogP contribution in [0, 0.1) is 28.6 Å². The van der Waals surface area contributed by atoms with E-state index in [0.29, 0.717) is 5.56 Å². The minimum atomic E-state index is -1.20. The van der Waals surface area contributed by atoms with Crippen molar-refractivity contribution in [3.63, 3.8) is 0 Å². The van der Waals surface area contributed by atoms with Gasteiger partial charge in [-0.1, -0.05) is 50.2 Å². The third-order valence-corrected chi connectivity index (χ3v) is 5.21. The van der Waals surface area contributed by atoms with Crippen LogP contribution in [-0.2, 0) is 9.53 Å². The highest BCUT2D eigenvalue weighted by atomic mass is 79.9. The Morgan fingerprint density at radius 3 is 2.64 bits per heavy atom. The van der Waals surface area contributed by atoms with Gasteiger partial charge in [-0.05, 0) is 67.4 Å². The van der Waals surface area contributed by atoms with E-state index in [2.05, 4.69) is 31.9 Å². The van der Waals surface area contributed by atoms with Gasteiger partial charge in [0.2, 0.25) is 6.10 Å². The van der Waals surface area contributed by atoms with Crippen LogP contribution in [0.15, 0.2) is 63.9 Å². The Hall–Kier alpha value is -2.10. The number of hydrogen-bond donors (Lipinski definition) is 0. The first-order chi connectivity index (χ1) is 15.4. The molecule has 4 nitrogen and oxygen atoms in total. The zero-order valence-electron chi connectivity index (χ0n) is 20.0. The van der Waals surface area contributed by atoms with Gasteiger partial charge < -0.3 is 9.47 Å². The maximum Gasteiger partial charge on any atom is 0.311 e. The number of hydrogen-bond acceptors (Lipinski definition) is 4. The number of para-hydroxylation sites is 1. The molecule has 1 fully saturated rings. The second kappa shape index (κ2) is 8.50. The molecule has 6 heteroatoms. The Morgan fingerprint density at radius 1 is 1.29 bits per heavy atom. The van der Waals surface area contributed by atoms with Crippen LogP contribution in [0.1, 0.15) is 32.4 Å². The highest BCUT2D eigenvalue weighted by molar-refractivity contribution is 9.28. The van der Waals surface area contributed by atoms with E-state index in [1.807, 2.05) is 26.0 Å². The Kier molecular flexibility index (Phi) is 4.51. The summed E-state index contributed by atoms with van der Waals surface area (Å²) in [5.41, 5.74) is 0.0264. The van der Waals surface area contributed by atoms with E-state index in [4.69, 9.17) is 16.3 Å². The average molecular weight is 510 g/mol. The summed E-state index contributed by atoms with van der Waals surface area (Å²) in [4.78, 5) is 12.8. The van der Waals surface area contributed by atoms with Gasteiger partial charge in [0.05, 0.1) is 16.2 Å². The number of carbonyl (C=O) groups excluding carboxylic acids is 1. The Labute approximate surface area is 188 Å². The van der Waals surface area contributed by atoms with Crippen molar-refractivity contribution in [2.24, 2.45) is 17.3 Å². The normalized spacial score (nSPS) is 22.9. The van der Waals surface area contributed by atoms with Crippen molar-refractivity contribution >= 4 is 37.8 Å². The molecule has 0 aromatic heterocycles. The van der Waals surface area contributed by atoms with Gasteiger partial charge in [-0.25, -0.2) is 0 Å². The van der Waals surface area contributed by atoms with Crippen molar-refractivity contribution < 1.29 is 21.1 Å². The molecule has 0 spiro atoms. The maximum atomic E-state index is 12.8. The second-order valence-corrected chi connectivity index (χ2v) is 9.63. The summed E-state index contributed by atoms with van der Waals surface area (Å²) in [6.45, 7) is 3.89. The van der Waals surface area contributed by atoms with Crippen LogP contribution in [0.4, 0.5) is 0 Å². The number of halogens is 2. The predicted octanol–water partition coefficient (Wildman–Crippen LogP) is 6.49. The molecule has 28 heavy (non-hydrogen) atoms. The fourth-order valence-corrected chi connectivity index (χ4v) is 3.65. The topological polar surface area (TPSA) is 59.3 Å². The van der Waals surface area contributed by atoms with Crippen LogP contribution < -0.4 is 4.74 Å². The zero-order chi connectivity index (χ0) is 24.7. The molecule has 3 atom stereocenters. The summed E-state index contributed by atoms with van der Waals surface area (Å²) in [6, 6.07) is 5.54. The van der Waals surface area contributed by atoms with E-state index in [-0.39, 0.29) is 22.8 Å². The quantitative estimate of drug-likeness (QED) is 0.417. The van der Waals surface area contributed by atoms with Crippen LogP contribution in [0.5, 0.6) is 11.5 Å². The third-order valence-electron chi connectivity index (χ3n) is 4.68. The van der Waals surface area contributed by atoms with Crippen LogP contribution >= 0.6 is 31.9 Å². The average Bonchev–Trinajstić information content (AvgIpc) is 3.31. The monoisotopic (exact) mass is 508 g/mol. The number of benzene rings is 2. The summed E-state index contributed by atoms with van der Waals surface area (Å²) in [6.07, 6.45) is 0.677. The van der Waals surface area contributed by atoms with Gasteiger partial charge in [-0.15, -0.1) is 0 Å². The van der Waals surface area contributed by atoms with Gasteiger partial charge >= 0.3 is 5.97 Å². The Balaban J connectivity index is 1.83. The van der Waals surface area contributed by atoms with E-state index in [1.54, 1.807) is 12.1 Å². The van der Waals surface area contributed by atoms with Gasteiger partial charge in [0.1, 0.15) is 17.6 Å². The van der Waals surface area contributed by atoms with Crippen molar-refractivity contribution in [3.8, 4) is 17.6 Å². The molecule has 3 rings (SSSR count). The number of nitrogens with zero attached hydrogens (tertiary/aromatic N) is 1. The fraction of sp³-hybridized carbons (Fsp3) is 0.273.